The highest BCUT2D eigenvalue weighted by Crippen LogP contribution is 2.30. The number of halogens is 2. The Morgan fingerprint density at radius 3 is 2.28 bits per heavy atom. The van der Waals surface area contributed by atoms with Gasteiger partial charge in [0.2, 0.25) is 21.8 Å². The highest BCUT2D eigenvalue weighted by Gasteiger charge is 2.32. The molecule has 0 heterocycles. The summed E-state index contributed by atoms with van der Waals surface area (Å²) in [7, 11) is -3.88. The number of nitrogens with one attached hydrogen (secondary N) is 1. The van der Waals surface area contributed by atoms with Crippen LogP contribution in [0.5, 0.6) is 5.75 Å². The van der Waals surface area contributed by atoms with Gasteiger partial charge in [0.05, 0.1) is 28.6 Å². The number of carbonyl (C=O) groups excluding carboxylic acids is 2. The predicted molar refractivity (Wildman–Crippen MR) is 144 cm³/mol. The molecule has 1 atom stereocenters. The number of ether oxygens (including phenoxy) is 1. The number of carbonyl (C=O) groups is 2. The minimum absolute atomic E-state index is 0.0322. The molecule has 0 aliphatic carbocycles. The topological polar surface area (TPSA) is 96.0 Å². The van der Waals surface area contributed by atoms with Crippen LogP contribution < -0.4 is 14.4 Å². The monoisotopic (exact) mass is 557 g/mol. The van der Waals surface area contributed by atoms with E-state index in [1.807, 2.05) is 13.8 Å². The molecule has 2 rings (SSSR count). The van der Waals surface area contributed by atoms with E-state index in [1.165, 1.54) is 4.90 Å². The maximum atomic E-state index is 13.7. The van der Waals surface area contributed by atoms with Gasteiger partial charge in [0.25, 0.3) is 0 Å². The predicted octanol–water partition coefficient (Wildman–Crippen LogP) is 4.49. The van der Waals surface area contributed by atoms with Crippen molar-refractivity contribution in [2.45, 2.75) is 52.7 Å². The third-order valence-electron chi connectivity index (χ3n) is 5.27. The molecule has 0 aromatic heterocycles. The van der Waals surface area contributed by atoms with Crippen molar-refractivity contribution in [3.63, 3.8) is 0 Å². The largest absolute Gasteiger partial charge is 0.492 e. The number of para-hydroxylation sites is 2. The van der Waals surface area contributed by atoms with E-state index in [0.29, 0.717) is 34.4 Å². The number of nitrogens with zero attached hydrogens (tertiary/aromatic N) is 2. The van der Waals surface area contributed by atoms with Crippen LogP contribution in [-0.4, -0.2) is 56.6 Å². The number of benzene rings is 2. The van der Waals surface area contributed by atoms with E-state index >= 15 is 0 Å². The number of anilines is 1. The summed E-state index contributed by atoms with van der Waals surface area (Å²) in [5.74, 6) is -0.552. The van der Waals surface area contributed by atoms with E-state index < -0.39 is 28.5 Å². The molecule has 0 saturated carbocycles. The normalized spacial score (nSPS) is 12.2. The summed E-state index contributed by atoms with van der Waals surface area (Å²) in [6, 6.07) is 10.6. The van der Waals surface area contributed by atoms with Crippen molar-refractivity contribution in [1.29, 1.82) is 0 Å². The zero-order valence-electron chi connectivity index (χ0n) is 21.1. The number of sulfonamides is 1. The van der Waals surface area contributed by atoms with Crippen LogP contribution in [-0.2, 0) is 26.2 Å². The van der Waals surface area contributed by atoms with Crippen LogP contribution in [0.2, 0.25) is 10.0 Å². The van der Waals surface area contributed by atoms with Crippen LogP contribution in [0.15, 0.2) is 42.5 Å². The second-order valence-electron chi connectivity index (χ2n) is 8.53. The van der Waals surface area contributed by atoms with Crippen LogP contribution in [0, 0.1) is 0 Å². The Labute approximate surface area is 223 Å². The molecule has 0 spiro atoms. The molecule has 2 amide bonds. The van der Waals surface area contributed by atoms with Crippen LogP contribution in [0.3, 0.4) is 0 Å². The Bertz CT molecular complexity index is 1170. The molecule has 1 N–H and O–H groups in total. The maximum absolute atomic E-state index is 13.7. The van der Waals surface area contributed by atoms with Crippen molar-refractivity contribution in [2.75, 3.05) is 23.7 Å². The number of amides is 2. The van der Waals surface area contributed by atoms with Gasteiger partial charge in [0, 0.05) is 12.6 Å². The maximum Gasteiger partial charge on any atom is 0.244 e. The van der Waals surface area contributed by atoms with Gasteiger partial charge in [-0.05, 0) is 57.0 Å². The fourth-order valence-corrected chi connectivity index (χ4v) is 4.84. The summed E-state index contributed by atoms with van der Waals surface area (Å²) in [5.41, 5.74) is 0.888. The lowest BCUT2D eigenvalue weighted by atomic mass is 10.1. The van der Waals surface area contributed by atoms with E-state index in [9.17, 15) is 18.0 Å². The zero-order valence-corrected chi connectivity index (χ0v) is 23.5. The third kappa shape index (κ3) is 8.01. The highest BCUT2D eigenvalue weighted by atomic mass is 35.5. The lowest BCUT2D eigenvalue weighted by Crippen LogP contribution is -2.53. The van der Waals surface area contributed by atoms with Crippen LogP contribution >= 0.6 is 23.2 Å². The molecule has 11 heteroatoms. The average Bonchev–Trinajstić information content (AvgIpc) is 2.79. The number of rotatable bonds is 12. The smallest absolute Gasteiger partial charge is 0.244 e. The van der Waals surface area contributed by atoms with Gasteiger partial charge in [-0.25, -0.2) is 8.42 Å². The van der Waals surface area contributed by atoms with Crippen molar-refractivity contribution < 1.29 is 22.7 Å². The van der Waals surface area contributed by atoms with Crippen molar-refractivity contribution in [2.24, 2.45) is 0 Å². The first kappa shape index (κ1) is 29.7. The van der Waals surface area contributed by atoms with Crippen LogP contribution in [0.25, 0.3) is 0 Å². The van der Waals surface area contributed by atoms with E-state index in [4.69, 9.17) is 27.9 Å². The molecule has 0 bridgehead atoms. The minimum Gasteiger partial charge on any atom is -0.492 e. The van der Waals surface area contributed by atoms with Gasteiger partial charge < -0.3 is 15.0 Å². The van der Waals surface area contributed by atoms with Gasteiger partial charge in [-0.2, -0.15) is 0 Å². The zero-order chi connectivity index (χ0) is 27.0. The van der Waals surface area contributed by atoms with Crippen molar-refractivity contribution in [1.82, 2.24) is 10.2 Å². The van der Waals surface area contributed by atoms with Gasteiger partial charge in [-0.1, -0.05) is 48.3 Å². The molecule has 0 unspecified atom stereocenters. The van der Waals surface area contributed by atoms with E-state index in [2.05, 4.69) is 5.32 Å². The molecule has 0 aliphatic rings. The summed E-state index contributed by atoms with van der Waals surface area (Å²) >= 11 is 12.2. The Balaban J connectivity index is 2.51. The Morgan fingerprint density at radius 1 is 1.06 bits per heavy atom. The summed E-state index contributed by atoms with van der Waals surface area (Å²) in [6.07, 6.45) is 1.34. The Morgan fingerprint density at radius 2 is 1.72 bits per heavy atom. The molecule has 0 aliphatic heterocycles. The summed E-state index contributed by atoms with van der Waals surface area (Å²) in [6.45, 7) is 7.06. The van der Waals surface area contributed by atoms with E-state index in [1.54, 1.807) is 56.3 Å². The minimum atomic E-state index is -3.88. The second-order valence-corrected chi connectivity index (χ2v) is 11.2. The molecule has 198 valence electrons. The molecular formula is C25H33Cl2N3O5S. The summed E-state index contributed by atoms with van der Waals surface area (Å²) in [5, 5.41) is 3.51. The molecule has 0 fully saturated rings. The molecule has 0 saturated heterocycles. The van der Waals surface area contributed by atoms with E-state index in [0.717, 1.165) is 10.6 Å². The van der Waals surface area contributed by atoms with Gasteiger partial charge >= 0.3 is 0 Å². The lowest BCUT2D eigenvalue weighted by Gasteiger charge is -2.33. The Hall–Kier alpha value is -2.49. The molecule has 8 nitrogen and oxygen atoms in total. The van der Waals surface area contributed by atoms with Gasteiger partial charge in [0.15, 0.2) is 0 Å². The lowest BCUT2D eigenvalue weighted by molar-refractivity contribution is -0.140. The highest BCUT2D eigenvalue weighted by molar-refractivity contribution is 7.92. The molecule has 36 heavy (non-hydrogen) atoms. The standard InChI is InChI=1S/C25H33Cl2N3O5S/c1-6-21(25(32)28-17(3)4)29(15-18-12-13-19(26)20(27)14-18)24(31)16-30(36(5,33)34)22-10-8-9-11-23(22)35-7-2/h8-14,17,21H,6-7,15-16H2,1-5H3,(H,28,32)/t21-/m1/s1. The SMILES string of the molecule is CCOc1ccccc1N(CC(=O)N(Cc1ccc(Cl)c(Cl)c1)[C@H](CC)C(=O)NC(C)C)S(C)(=O)=O. The fraction of sp³-hybridized carbons (Fsp3) is 0.440. The molecule has 2 aromatic carbocycles. The van der Waals surface area contributed by atoms with Crippen LogP contribution in [0.1, 0.15) is 39.7 Å². The van der Waals surface area contributed by atoms with Gasteiger partial charge in [-0.3, -0.25) is 13.9 Å². The van der Waals surface area contributed by atoms with Crippen molar-refractivity contribution >= 4 is 50.7 Å². The first-order valence-electron chi connectivity index (χ1n) is 11.6. The summed E-state index contributed by atoms with van der Waals surface area (Å²) in [4.78, 5) is 28.1. The first-order chi connectivity index (χ1) is 16.9. The van der Waals surface area contributed by atoms with Crippen molar-refractivity contribution in [3.05, 3.63) is 58.1 Å². The summed E-state index contributed by atoms with van der Waals surface area (Å²) < 4.78 is 32.2. The molecule has 2 aromatic rings. The first-order valence-corrected chi connectivity index (χ1v) is 14.2. The van der Waals surface area contributed by atoms with E-state index in [-0.39, 0.29) is 24.2 Å². The quantitative estimate of drug-likeness (QED) is 0.414. The second kappa shape index (κ2) is 13.2. The number of hydrogen-bond donors (Lipinski definition) is 1. The number of hydrogen-bond acceptors (Lipinski definition) is 5. The van der Waals surface area contributed by atoms with Gasteiger partial charge in [0.1, 0.15) is 18.3 Å². The average molecular weight is 559 g/mol. The molecular weight excluding hydrogens is 525 g/mol. The fourth-order valence-electron chi connectivity index (χ4n) is 3.67. The van der Waals surface area contributed by atoms with Gasteiger partial charge in [-0.15, -0.1) is 0 Å². The van der Waals surface area contributed by atoms with Crippen molar-refractivity contribution in [3.8, 4) is 5.75 Å². The molecule has 0 radical (unpaired) electrons. The van der Waals surface area contributed by atoms with Crippen LogP contribution in [0.4, 0.5) is 5.69 Å². The Kier molecular flexibility index (Phi) is 10.9. The third-order valence-corrected chi connectivity index (χ3v) is 7.13.